The Morgan fingerprint density at radius 2 is 1.86 bits per heavy atom. The molecule has 2 saturated heterocycles. The smallest absolute Gasteiger partial charge is 0.410 e. The number of pyridine rings is 1. The van der Waals surface area contributed by atoms with Crippen LogP contribution < -0.4 is 10.1 Å². The molecule has 37 heavy (non-hydrogen) atoms. The van der Waals surface area contributed by atoms with Crippen LogP contribution in [0.2, 0.25) is 0 Å². The Labute approximate surface area is 214 Å². The summed E-state index contributed by atoms with van der Waals surface area (Å²) >= 11 is 0. The van der Waals surface area contributed by atoms with Gasteiger partial charge in [-0.05, 0) is 56.5 Å². The van der Waals surface area contributed by atoms with Gasteiger partial charge in [0.05, 0.1) is 6.54 Å². The second-order valence-electron chi connectivity index (χ2n) is 10.6. The molecule has 5 rings (SSSR count). The summed E-state index contributed by atoms with van der Waals surface area (Å²) in [5, 5.41) is 2.32. The number of likely N-dealkylation sites (tertiary alicyclic amines) is 1. The van der Waals surface area contributed by atoms with Gasteiger partial charge in [0.25, 0.3) is 5.91 Å². The summed E-state index contributed by atoms with van der Waals surface area (Å²) in [7, 11) is 0. The van der Waals surface area contributed by atoms with Gasteiger partial charge in [-0.1, -0.05) is 6.07 Å². The summed E-state index contributed by atoms with van der Waals surface area (Å²) in [6.45, 7) is 6.86. The Morgan fingerprint density at radius 1 is 1.08 bits per heavy atom. The third-order valence-corrected chi connectivity index (χ3v) is 6.68. The van der Waals surface area contributed by atoms with Crippen LogP contribution in [0.15, 0.2) is 36.5 Å². The molecule has 0 bridgehead atoms. The van der Waals surface area contributed by atoms with Crippen LogP contribution >= 0.6 is 0 Å². The number of nitrogens with zero attached hydrogens (tertiary/aromatic N) is 3. The number of benzene rings is 1. The Kier molecular flexibility index (Phi) is 6.35. The lowest BCUT2D eigenvalue weighted by atomic mass is 10.0. The average Bonchev–Trinajstić information content (AvgIpc) is 3.43. The van der Waals surface area contributed by atoms with E-state index in [2.05, 4.69) is 10.3 Å². The van der Waals surface area contributed by atoms with E-state index in [4.69, 9.17) is 9.47 Å². The van der Waals surface area contributed by atoms with E-state index in [1.165, 1.54) is 4.90 Å². The van der Waals surface area contributed by atoms with Gasteiger partial charge in [0.1, 0.15) is 17.7 Å². The summed E-state index contributed by atoms with van der Waals surface area (Å²) in [6, 6.07) is 8.62. The van der Waals surface area contributed by atoms with Gasteiger partial charge in [-0.2, -0.15) is 0 Å². The lowest BCUT2D eigenvalue weighted by molar-refractivity contribution is -0.136. The van der Waals surface area contributed by atoms with Crippen molar-refractivity contribution in [2.45, 2.75) is 64.3 Å². The van der Waals surface area contributed by atoms with Gasteiger partial charge in [-0.15, -0.1) is 0 Å². The van der Waals surface area contributed by atoms with E-state index in [1.807, 2.05) is 39.0 Å². The number of ether oxygens (including phenoxy) is 2. The first-order valence-corrected chi connectivity index (χ1v) is 12.5. The topological polar surface area (TPSA) is 118 Å². The molecule has 4 amide bonds. The molecule has 1 aromatic heterocycles. The van der Waals surface area contributed by atoms with Gasteiger partial charge >= 0.3 is 6.09 Å². The number of carbonyl (C=O) groups excluding carboxylic acids is 4. The molecule has 10 nitrogen and oxygen atoms in total. The van der Waals surface area contributed by atoms with Crippen molar-refractivity contribution in [1.82, 2.24) is 20.1 Å². The molecule has 0 spiro atoms. The molecular weight excluding hydrogens is 476 g/mol. The minimum atomic E-state index is -0.638. The third kappa shape index (κ3) is 5.28. The van der Waals surface area contributed by atoms with Crippen molar-refractivity contribution >= 4 is 23.8 Å². The molecule has 3 aliphatic heterocycles. The Hall–Kier alpha value is -3.95. The first-order chi connectivity index (χ1) is 17.6. The van der Waals surface area contributed by atoms with Crippen molar-refractivity contribution in [1.29, 1.82) is 0 Å². The Bertz CT molecular complexity index is 1250. The number of hydrogen-bond acceptors (Lipinski definition) is 7. The standard InChI is InChI=1S/C27H30N4O6/c1-27(2,3)37-26(35)30-11-10-19(15-30)36-23-9-5-17(13-28-23)16-4-6-20-18(12-16)14-31(25(20)34)21-7-8-22(32)29-24(21)33/h4-6,9,12-13,19,21H,7-8,10-11,14-15H2,1-3H3,(H,29,32,33)/t19-,21?/m1/s1. The van der Waals surface area contributed by atoms with E-state index in [-0.39, 0.29) is 30.4 Å². The summed E-state index contributed by atoms with van der Waals surface area (Å²) in [4.78, 5) is 56.6. The van der Waals surface area contributed by atoms with Crippen molar-refractivity contribution in [3.8, 4) is 17.0 Å². The van der Waals surface area contributed by atoms with E-state index >= 15 is 0 Å². The van der Waals surface area contributed by atoms with E-state index in [0.29, 0.717) is 43.9 Å². The van der Waals surface area contributed by atoms with Gasteiger partial charge in [-0.25, -0.2) is 9.78 Å². The highest BCUT2D eigenvalue weighted by Crippen LogP contribution is 2.31. The van der Waals surface area contributed by atoms with Crippen molar-refractivity contribution < 1.29 is 28.7 Å². The molecule has 194 valence electrons. The minimum Gasteiger partial charge on any atom is -0.472 e. The predicted octanol–water partition coefficient (Wildman–Crippen LogP) is 2.90. The fraction of sp³-hybridized carbons (Fsp3) is 0.444. The number of imide groups is 1. The number of hydrogen-bond donors (Lipinski definition) is 1. The zero-order valence-corrected chi connectivity index (χ0v) is 21.2. The number of carbonyl (C=O) groups is 4. The van der Waals surface area contributed by atoms with E-state index < -0.39 is 17.6 Å². The average molecular weight is 507 g/mol. The third-order valence-electron chi connectivity index (χ3n) is 6.68. The van der Waals surface area contributed by atoms with Crippen molar-refractivity contribution in [2.75, 3.05) is 13.1 Å². The SMILES string of the molecule is CC(C)(C)OC(=O)N1CC[C@@H](Oc2ccc(-c3ccc4c(c3)CN(C3CCC(=O)NC3=O)C4=O)cn2)C1. The number of rotatable bonds is 4. The minimum absolute atomic E-state index is 0.157. The van der Waals surface area contributed by atoms with Crippen molar-refractivity contribution in [3.05, 3.63) is 47.7 Å². The first-order valence-electron chi connectivity index (χ1n) is 12.5. The largest absolute Gasteiger partial charge is 0.472 e. The van der Waals surface area contributed by atoms with Crippen LogP contribution in [0, 0.1) is 0 Å². The van der Waals surface area contributed by atoms with Gasteiger partial charge in [0.15, 0.2) is 0 Å². The molecule has 2 aromatic rings. The molecule has 1 aromatic carbocycles. The monoisotopic (exact) mass is 506 g/mol. The van der Waals surface area contributed by atoms with Gasteiger partial charge in [-0.3, -0.25) is 19.7 Å². The molecule has 1 unspecified atom stereocenters. The van der Waals surface area contributed by atoms with E-state index in [1.54, 1.807) is 23.2 Å². The Morgan fingerprint density at radius 3 is 2.57 bits per heavy atom. The predicted molar refractivity (Wildman–Crippen MR) is 133 cm³/mol. The Balaban J connectivity index is 1.22. The molecule has 1 N–H and O–H groups in total. The van der Waals surface area contributed by atoms with Gasteiger partial charge in [0.2, 0.25) is 17.7 Å². The molecule has 10 heteroatoms. The summed E-state index contributed by atoms with van der Waals surface area (Å²) < 4.78 is 11.4. The molecule has 0 aliphatic carbocycles. The lowest BCUT2D eigenvalue weighted by Crippen LogP contribution is -2.52. The zero-order chi connectivity index (χ0) is 26.3. The molecule has 2 atom stereocenters. The van der Waals surface area contributed by atoms with Crippen LogP contribution in [0.25, 0.3) is 11.1 Å². The van der Waals surface area contributed by atoms with Gasteiger partial charge in [0, 0.05) is 49.3 Å². The molecule has 4 heterocycles. The van der Waals surface area contributed by atoms with Crippen LogP contribution in [0.5, 0.6) is 5.88 Å². The second-order valence-corrected chi connectivity index (χ2v) is 10.6. The molecule has 3 aliphatic rings. The maximum Gasteiger partial charge on any atom is 0.410 e. The summed E-state index contributed by atoms with van der Waals surface area (Å²) in [5.41, 5.74) is 2.62. The highest BCUT2D eigenvalue weighted by atomic mass is 16.6. The second kappa shape index (κ2) is 9.49. The first kappa shape index (κ1) is 24.7. The maximum atomic E-state index is 12.9. The fourth-order valence-electron chi connectivity index (χ4n) is 4.86. The maximum absolute atomic E-state index is 12.9. The molecule has 2 fully saturated rings. The van der Waals surface area contributed by atoms with Crippen molar-refractivity contribution in [3.63, 3.8) is 0 Å². The highest BCUT2D eigenvalue weighted by Gasteiger charge is 2.39. The highest BCUT2D eigenvalue weighted by molar-refractivity contribution is 6.05. The van der Waals surface area contributed by atoms with Crippen LogP contribution in [-0.2, 0) is 20.9 Å². The van der Waals surface area contributed by atoms with Crippen molar-refractivity contribution in [2.24, 2.45) is 0 Å². The normalized spacial score (nSPS) is 21.6. The van der Waals surface area contributed by atoms with Gasteiger partial charge < -0.3 is 19.3 Å². The summed E-state index contributed by atoms with van der Waals surface area (Å²) in [6.07, 6.45) is 2.47. The van der Waals surface area contributed by atoms with Crippen LogP contribution in [-0.4, -0.2) is 69.4 Å². The van der Waals surface area contributed by atoms with Crippen LogP contribution in [0.4, 0.5) is 4.79 Å². The number of amides is 4. The summed E-state index contributed by atoms with van der Waals surface area (Å²) in [5.74, 6) is -0.454. The van der Waals surface area contributed by atoms with E-state index in [9.17, 15) is 19.2 Å². The zero-order valence-electron chi connectivity index (χ0n) is 21.2. The molecule has 0 radical (unpaired) electrons. The van der Waals surface area contributed by atoms with Crippen LogP contribution in [0.3, 0.4) is 0 Å². The fourth-order valence-corrected chi connectivity index (χ4v) is 4.86. The number of piperidine rings is 1. The van der Waals surface area contributed by atoms with Crippen LogP contribution in [0.1, 0.15) is 56.0 Å². The molecular formula is C27H30N4O6. The number of fused-ring (bicyclic) bond motifs is 1. The van der Waals surface area contributed by atoms with E-state index in [0.717, 1.165) is 16.7 Å². The quantitative estimate of drug-likeness (QED) is 0.634. The number of aromatic nitrogens is 1. The number of nitrogens with one attached hydrogen (secondary N) is 1. The molecule has 0 saturated carbocycles. The lowest BCUT2D eigenvalue weighted by Gasteiger charge is -2.29.